The number of para-hydroxylation sites is 4. The van der Waals surface area contributed by atoms with Crippen molar-refractivity contribution < 1.29 is 4.42 Å². The second kappa shape index (κ2) is 6.55. The van der Waals surface area contributed by atoms with Crippen LogP contribution in [-0.4, -0.2) is 6.98 Å². The molecule has 0 N–H and O–H groups in total. The van der Waals surface area contributed by atoms with Crippen molar-refractivity contribution in [1.29, 1.82) is 0 Å². The molecule has 0 atom stereocenters. The van der Waals surface area contributed by atoms with Crippen molar-refractivity contribution in [2.45, 2.75) is 0 Å². The lowest BCUT2D eigenvalue weighted by Gasteiger charge is -2.36. The van der Waals surface area contributed by atoms with Crippen LogP contribution in [0.15, 0.2) is 120 Å². The first kappa shape index (κ1) is 18.0. The van der Waals surface area contributed by atoms with Crippen molar-refractivity contribution >= 4 is 57.1 Å². The third kappa shape index (κ3) is 2.27. The minimum Gasteiger partial charge on any atom is -0.456 e. The molecule has 0 bridgehead atoms. The lowest BCUT2D eigenvalue weighted by molar-refractivity contribution is 0.669. The summed E-state index contributed by atoms with van der Waals surface area (Å²) in [7, 11) is 0. The van der Waals surface area contributed by atoms with Crippen LogP contribution < -0.4 is 15.1 Å². The molecule has 4 heteroatoms. The van der Waals surface area contributed by atoms with Gasteiger partial charge in [0.05, 0.1) is 11.4 Å². The molecule has 3 nitrogen and oxygen atoms in total. The Balaban J connectivity index is 1.42. The molecule has 0 radical (unpaired) electrons. The van der Waals surface area contributed by atoms with E-state index < -0.39 is 0 Å². The summed E-state index contributed by atoms with van der Waals surface area (Å²) in [6.45, 7) is 0.0408. The maximum absolute atomic E-state index is 6.12. The zero-order valence-corrected chi connectivity index (χ0v) is 18.3. The van der Waals surface area contributed by atoms with Gasteiger partial charge in [-0.1, -0.05) is 72.8 Å². The molecule has 0 amide bonds. The largest absolute Gasteiger partial charge is 0.456 e. The molecule has 1 aromatic heterocycles. The van der Waals surface area contributed by atoms with Gasteiger partial charge in [0, 0.05) is 27.7 Å². The highest BCUT2D eigenvalue weighted by molar-refractivity contribution is 6.86. The van der Waals surface area contributed by atoms with Crippen molar-refractivity contribution in [3.63, 3.8) is 0 Å². The van der Waals surface area contributed by atoms with Gasteiger partial charge in [-0.15, -0.1) is 0 Å². The lowest BCUT2D eigenvalue weighted by atomic mass is 9.59. The van der Waals surface area contributed by atoms with Gasteiger partial charge in [-0.3, -0.25) is 0 Å². The summed E-state index contributed by atoms with van der Waals surface area (Å²) in [5, 5.41) is 2.30. The van der Waals surface area contributed by atoms with E-state index in [1.54, 1.807) is 0 Å². The molecule has 0 saturated carbocycles. The normalized spacial score (nSPS) is 13.7. The smallest absolute Gasteiger partial charge is 0.421 e. The molecule has 0 aliphatic carbocycles. The number of fused-ring (bicyclic) bond motifs is 11. The van der Waals surface area contributed by atoms with Crippen LogP contribution in [-0.2, 0) is 0 Å². The SMILES string of the molecule is c1ccc2c(c1)B1N(c3ccc4oc5ccccc5c4c3)c3ccccc3N1c1ccccc1-2. The predicted molar refractivity (Wildman–Crippen MR) is 142 cm³/mol. The highest BCUT2D eigenvalue weighted by Gasteiger charge is 2.47. The summed E-state index contributed by atoms with van der Waals surface area (Å²) in [5.74, 6) is 0. The van der Waals surface area contributed by atoms with E-state index in [9.17, 15) is 0 Å². The number of hydrogen-bond acceptors (Lipinski definition) is 3. The predicted octanol–water partition coefficient (Wildman–Crippen LogP) is 7.25. The maximum Gasteiger partial charge on any atom is 0.421 e. The Morgan fingerprint density at radius 3 is 2.03 bits per heavy atom. The first-order valence-corrected chi connectivity index (χ1v) is 11.7. The molecular formula is C30H19BN2O. The highest BCUT2D eigenvalue weighted by Crippen LogP contribution is 2.51. The van der Waals surface area contributed by atoms with E-state index in [0.29, 0.717) is 0 Å². The first-order chi connectivity index (χ1) is 16.9. The minimum atomic E-state index is 0.0408. The quantitative estimate of drug-likeness (QED) is 0.254. The van der Waals surface area contributed by atoms with Crippen molar-refractivity contribution in [3.8, 4) is 11.1 Å². The lowest BCUT2D eigenvalue weighted by Crippen LogP contribution is -2.55. The van der Waals surface area contributed by atoms with Crippen LogP contribution >= 0.6 is 0 Å². The molecular weight excluding hydrogens is 415 g/mol. The summed E-state index contributed by atoms with van der Waals surface area (Å²) in [6.07, 6.45) is 0. The van der Waals surface area contributed by atoms with Crippen LogP contribution in [0.1, 0.15) is 0 Å². The van der Waals surface area contributed by atoms with E-state index in [1.807, 2.05) is 12.1 Å². The fourth-order valence-electron chi connectivity index (χ4n) is 5.81. The monoisotopic (exact) mass is 434 g/mol. The summed E-state index contributed by atoms with van der Waals surface area (Å²) in [4.78, 5) is 4.97. The zero-order chi connectivity index (χ0) is 22.2. The van der Waals surface area contributed by atoms with Gasteiger partial charge in [-0.25, -0.2) is 0 Å². The van der Waals surface area contributed by atoms with E-state index in [-0.39, 0.29) is 6.98 Å². The molecule has 2 aliphatic rings. The number of hydrogen-bond donors (Lipinski definition) is 0. The Bertz CT molecular complexity index is 1750. The van der Waals surface area contributed by atoms with Crippen LogP contribution in [0, 0.1) is 0 Å². The van der Waals surface area contributed by atoms with Gasteiger partial charge in [0.2, 0.25) is 0 Å². The van der Waals surface area contributed by atoms with Gasteiger partial charge in [0.1, 0.15) is 11.2 Å². The highest BCUT2D eigenvalue weighted by atomic mass is 16.3. The average Bonchev–Trinajstić information content (AvgIpc) is 3.45. The van der Waals surface area contributed by atoms with Crippen molar-refractivity contribution in [1.82, 2.24) is 0 Å². The Labute approximate surface area is 197 Å². The summed E-state index contributed by atoms with van der Waals surface area (Å²) in [5.41, 5.74) is 10.6. The van der Waals surface area contributed by atoms with E-state index >= 15 is 0 Å². The first-order valence-electron chi connectivity index (χ1n) is 11.7. The molecule has 158 valence electrons. The maximum atomic E-state index is 6.12. The fourth-order valence-corrected chi connectivity index (χ4v) is 5.81. The summed E-state index contributed by atoms with van der Waals surface area (Å²) < 4.78 is 6.12. The van der Waals surface area contributed by atoms with Crippen LogP contribution in [0.2, 0.25) is 0 Å². The molecule has 0 spiro atoms. The van der Waals surface area contributed by atoms with Crippen molar-refractivity contribution in [3.05, 3.63) is 115 Å². The molecule has 0 fully saturated rings. The van der Waals surface area contributed by atoms with Crippen molar-refractivity contribution in [2.75, 3.05) is 9.62 Å². The Hall–Kier alpha value is -4.44. The number of nitrogens with zero attached hydrogens (tertiary/aromatic N) is 2. The molecule has 34 heavy (non-hydrogen) atoms. The fraction of sp³-hybridized carbons (Fsp3) is 0. The van der Waals surface area contributed by atoms with E-state index in [4.69, 9.17) is 4.42 Å². The van der Waals surface area contributed by atoms with Crippen LogP contribution in [0.3, 0.4) is 0 Å². The van der Waals surface area contributed by atoms with Gasteiger partial charge >= 0.3 is 6.98 Å². The molecule has 5 aromatic carbocycles. The third-order valence-corrected chi connectivity index (χ3v) is 7.22. The second-order valence-corrected chi connectivity index (χ2v) is 8.99. The zero-order valence-electron chi connectivity index (χ0n) is 18.3. The van der Waals surface area contributed by atoms with Gasteiger partial charge in [-0.05, 0) is 53.5 Å². The minimum absolute atomic E-state index is 0.0408. The molecule has 8 rings (SSSR count). The Morgan fingerprint density at radius 2 is 1.15 bits per heavy atom. The molecule has 6 aromatic rings. The number of rotatable bonds is 1. The van der Waals surface area contributed by atoms with Gasteiger partial charge in [0.15, 0.2) is 0 Å². The second-order valence-electron chi connectivity index (χ2n) is 8.99. The summed E-state index contributed by atoms with van der Waals surface area (Å²) in [6, 6.07) is 41.2. The summed E-state index contributed by atoms with van der Waals surface area (Å²) >= 11 is 0. The molecule has 0 saturated heterocycles. The van der Waals surface area contributed by atoms with E-state index in [2.05, 4.69) is 113 Å². The van der Waals surface area contributed by atoms with Gasteiger partial charge in [-0.2, -0.15) is 0 Å². The van der Waals surface area contributed by atoms with Crippen molar-refractivity contribution in [2.24, 2.45) is 0 Å². The Kier molecular flexibility index (Phi) is 3.48. The van der Waals surface area contributed by atoms with Crippen LogP contribution in [0.4, 0.5) is 22.7 Å². The topological polar surface area (TPSA) is 19.6 Å². The number of benzene rings is 5. The third-order valence-electron chi connectivity index (χ3n) is 7.22. The van der Waals surface area contributed by atoms with Gasteiger partial charge < -0.3 is 14.0 Å². The number of anilines is 4. The Morgan fingerprint density at radius 1 is 0.500 bits per heavy atom. The number of furan rings is 1. The van der Waals surface area contributed by atoms with Crippen LogP contribution in [0.25, 0.3) is 33.1 Å². The average molecular weight is 434 g/mol. The standard InChI is InChI=1S/C30H19BN2O/c1-4-12-25-21(9-1)22-10-2-5-13-26(22)33-28-15-7-6-14-27(28)32(31(25)33)20-17-18-30-24(19-20)23-11-3-8-16-29(23)34-30/h1-19H. The van der Waals surface area contributed by atoms with Crippen LogP contribution in [0.5, 0.6) is 0 Å². The molecule has 0 unspecified atom stereocenters. The molecule has 3 heterocycles. The van der Waals surface area contributed by atoms with Gasteiger partial charge in [0.25, 0.3) is 0 Å². The van der Waals surface area contributed by atoms with E-state index in [1.165, 1.54) is 33.7 Å². The van der Waals surface area contributed by atoms with E-state index in [0.717, 1.165) is 27.6 Å². The molecule has 2 aliphatic heterocycles.